The van der Waals surface area contributed by atoms with E-state index < -0.39 is 11.8 Å². The van der Waals surface area contributed by atoms with E-state index in [1.807, 2.05) is 29.5 Å². The molecule has 0 saturated heterocycles. The van der Waals surface area contributed by atoms with Gasteiger partial charge in [0, 0.05) is 6.04 Å². The number of phenols is 1. The summed E-state index contributed by atoms with van der Waals surface area (Å²) in [6, 6.07) is 3.37. The average molecular weight is 459 g/mol. The number of nitrogens with zero attached hydrogens (tertiary/aromatic N) is 1. The quantitative estimate of drug-likeness (QED) is 0.272. The highest BCUT2D eigenvalue weighted by molar-refractivity contribution is 14.1. The van der Waals surface area contributed by atoms with Crippen molar-refractivity contribution in [3.63, 3.8) is 0 Å². The molecule has 25 heavy (non-hydrogen) atoms. The highest BCUT2D eigenvalue weighted by Gasteiger charge is 2.20. The Bertz CT molecular complexity index is 658. The molecule has 0 atom stereocenters. The number of halogens is 1. The lowest BCUT2D eigenvalue weighted by Gasteiger charge is -2.22. The average Bonchev–Trinajstić information content (AvgIpc) is 2.60. The first kappa shape index (κ1) is 19.5. The van der Waals surface area contributed by atoms with E-state index in [0.717, 1.165) is 25.7 Å². The van der Waals surface area contributed by atoms with Gasteiger partial charge in [-0.3, -0.25) is 9.59 Å². The lowest BCUT2D eigenvalue weighted by molar-refractivity contribution is -0.139. The Hall–Kier alpha value is -1.84. The van der Waals surface area contributed by atoms with Gasteiger partial charge in [-0.25, -0.2) is 5.43 Å². The van der Waals surface area contributed by atoms with E-state index in [1.165, 1.54) is 12.6 Å². The summed E-state index contributed by atoms with van der Waals surface area (Å²) in [6.45, 7) is 2.24. The van der Waals surface area contributed by atoms with E-state index in [4.69, 9.17) is 4.74 Å². The summed E-state index contributed by atoms with van der Waals surface area (Å²) in [5.41, 5.74) is 2.86. The lowest BCUT2D eigenvalue weighted by atomic mass is 9.95. The van der Waals surface area contributed by atoms with E-state index >= 15 is 0 Å². The van der Waals surface area contributed by atoms with Crippen molar-refractivity contribution in [2.24, 2.45) is 5.10 Å². The number of nitrogens with one attached hydrogen (secondary N) is 2. The number of benzene rings is 1. The van der Waals surface area contributed by atoms with Crippen LogP contribution in [0.4, 0.5) is 0 Å². The molecule has 0 spiro atoms. The largest absolute Gasteiger partial charge is 0.504 e. The molecule has 2 rings (SSSR count). The molecule has 0 heterocycles. The van der Waals surface area contributed by atoms with Crippen LogP contribution in [0.1, 0.15) is 44.6 Å². The van der Waals surface area contributed by atoms with E-state index in [2.05, 4.69) is 15.8 Å². The molecule has 1 aliphatic carbocycles. The molecule has 0 radical (unpaired) electrons. The summed E-state index contributed by atoms with van der Waals surface area (Å²) in [7, 11) is 0. The van der Waals surface area contributed by atoms with E-state index in [9.17, 15) is 14.7 Å². The van der Waals surface area contributed by atoms with Crippen molar-refractivity contribution >= 4 is 40.6 Å². The van der Waals surface area contributed by atoms with Gasteiger partial charge < -0.3 is 15.2 Å². The van der Waals surface area contributed by atoms with E-state index in [1.54, 1.807) is 12.1 Å². The Morgan fingerprint density at radius 1 is 1.32 bits per heavy atom. The number of aromatic hydroxyl groups is 1. The Kier molecular flexibility index (Phi) is 7.48. The molecule has 2 amide bonds. The Balaban J connectivity index is 1.91. The van der Waals surface area contributed by atoms with Gasteiger partial charge >= 0.3 is 11.8 Å². The van der Waals surface area contributed by atoms with E-state index in [-0.39, 0.29) is 11.8 Å². The predicted octanol–water partition coefficient (Wildman–Crippen LogP) is 2.29. The summed E-state index contributed by atoms with van der Waals surface area (Å²) >= 11 is 1.98. The van der Waals surface area contributed by atoms with Gasteiger partial charge in [0.25, 0.3) is 0 Å². The number of phenolic OH excluding ortho intramolecular Hbond substituents is 1. The molecule has 1 aromatic rings. The second-order valence-corrected chi connectivity index (χ2v) is 6.95. The third-order valence-electron chi connectivity index (χ3n) is 3.88. The Morgan fingerprint density at radius 2 is 2.04 bits per heavy atom. The molecule has 1 saturated carbocycles. The molecule has 7 nitrogen and oxygen atoms in total. The van der Waals surface area contributed by atoms with Crippen molar-refractivity contribution in [2.75, 3.05) is 6.61 Å². The van der Waals surface area contributed by atoms with Gasteiger partial charge in [0.15, 0.2) is 11.5 Å². The van der Waals surface area contributed by atoms with E-state index in [0.29, 0.717) is 21.5 Å². The molecule has 8 heteroatoms. The minimum absolute atomic E-state index is 0.0653. The van der Waals surface area contributed by atoms with Gasteiger partial charge in [-0.2, -0.15) is 5.10 Å². The zero-order valence-electron chi connectivity index (χ0n) is 14.0. The molecule has 0 aliphatic heterocycles. The first-order valence-corrected chi connectivity index (χ1v) is 9.38. The van der Waals surface area contributed by atoms with Crippen LogP contribution in [0.2, 0.25) is 0 Å². The summed E-state index contributed by atoms with van der Waals surface area (Å²) in [4.78, 5) is 23.6. The van der Waals surface area contributed by atoms with Gasteiger partial charge in [-0.15, -0.1) is 0 Å². The second kappa shape index (κ2) is 9.59. The Labute approximate surface area is 160 Å². The first-order valence-electron chi connectivity index (χ1n) is 8.30. The first-order chi connectivity index (χ1) is 12.0. The summed E-state index contributed by atoms with van der Waals surface area (Å²) in [5.74, 6) is -1.05. The molecule has 0 aromatic heterocycles. The number of ether oxygens (including phenoxy) is 1. The standard InChI is InChI=1S/C17H22IN3O4/c1-2-25-14-9-11(8-13(18)15(14)22)10-19-21-17(24)16(23)20-12-6-4-3-5-7-12/h8-10,12,22H,2-7H2,1H3,(H,20,23)(H,21,24)/b19-10-. The molecule has 0 unspecified atom stereocenters. The van der Waals surface area contributed by atoms with Crippen molar-refractivity contribution in [2.45, 2.75) is 45.1 Å². The summed E-state index contributed by atoms with van der Waals surface area (Å²) in [6.07, 6.45) is 6.55. The van der Waals surface area contributed by atoms with Crippen LogP contribution in [0.15, 0.2) is 17.2 Å². The number of amides is 2. The monoisotopic (exact) mass is 459 g/mol. The van der Waals surface area contributed by atoms with Gasteiger partial charge in [-0.1, -0.05) is 19.3 Å². The third-order valence-corrected chi connectivity index (χ3v) is 4.70. The van der Waals surface area contributed by atoms with Gasteiger partial charge in [0.2, 0.25) is 0 Å². The van der Waals surface area contributed by atoms with Crippen molar-refractivity contribution in [3.8, 4) is 11.5 Å². The van der Waals surface area contributed by atoms with Crippen LogP contribution >= 0.6 is 22.6 Å². The fraction of sp³-hybridized carbons (Fsp3) is 0.471. The topological polar surface area (TPSA) is 100 Å². The number of hydrogen-bond donors (Lipinski definition) is 3. The molecule has 1 aromatic carbocycles. The highest BCUT2D eigenvalue weighted by Crippen LogP contribution is 2.32. The van der Waals surface area contributed by atoms with Crippen LogP contribution in [0.5, 0.6) is 11.5 Å². The van der Waals surface area contributed by atoms with Crippen LogP contribution < -0.4 is 15.5 Å². The predicted molar refractivity (Wildman–Crippen MR) is 103 cm³/mol. The maximum atomic E-state index is 11.8. The SMILES string of the molecule is CCOc1cc(/C=N\NC(=O)C(=O)NC2CCCCC2)cc(I)c1O. The Morgan fingerprint density at radius 3 is 2.72 bits per heavy atom. The second-order valence-electron chi connectivity index (χ2n) is 5.79. The minimum atomic E-state index is -0.791. The smallest absolute Gasteiger partial charge is 0.329 e. The fourth-order valence-corrected chi connectivity index (χ4v) is 3.27. The molecular formula is C17H22IN3O4. The van der Waals surface area contributed by atoms with Crippen LogP contribution in [0.3, 0.4) is 0 Å². The van der Waals surface area contributed by atoms with Crippen LogP contribution in [-0.4, -0.2) is 35.8 Å². The number of hydrogen-bond acceptors (Lipinski definition) is 5. The highest BCUT2D eigenvalue weighted by atomic mass is 127. The molecule has 1 fully saturated rings. The fourth-order valence-electron chi connectivity index (χ4n) is 2.65. The zero-order valence-corrected chi connectivity index (χ0v) is 16.2. The van der Waals surface area contributed by atoms with Gasteiger partial charge in [-0.05, 0) is 60.1 Å². The van der Waals surface area contributed by atoms with Crippen molar-refractivity contribution in [1.82, 2.24) is 10.7 Å². The number of carbonyl (C=O) groups excluding carboxylic acids is 2. The molecular weight excluding hydrogens is 437 g/mol. The number of rotatable bonds is 5. The third kappa shape index (κ3) is 5.87. The summed E-state index contributed by atoms with van der Waals surface area (Å²) in [5, 5.41) is 16.4. The van der Waals surface area contributed by atoms with Gasteiger partial charge in [0.05, 0.1) is 16.4 Å². The lowest BCUT2D eigenvalue weighted by Crippen LogP contribution is -2.44. The normalized spacial score (nSPS) is 15.1. The van der Waals surface area contributed by atoms with Gasteiger partial charge in [0.1, 0.15) is 0 Å². The van der Waals surface area contributed by atoms with Crippen molar-refractivity contribution in [1.29, 1.82) is 0 Å². The van der Waals surface area contributed by atoms with Crippen LogP contribution in [-0.2, 0) is 9.59 Å². The molecule has 0 bridgehead atoms. The zero-order chi connectivity index (χ0) is 18.2. The molecule has 3 N–H and O–H groups in total. The molecule has 136 valence electrons. The maximum absolute atomic E-state index is 11.8. The van der Waals surface area contributed by atoms with Crippen LogP contribution in [0.25, 0.3) is 0 Å². The minimum Gasteiger partial charge on any atom is -0.504 e. The summed E-state index contributed by atoms with van der Waals surface area (Å²) < 4.78 is 5.94. The molecule has 1 aliphatic rings. The van der Waals surface area contributed by atoms with Crippen LogP contribution in [0, 0.1) is 3.57 Å². The maximum Gasteiger partial charge on any atom is 0.329 e. The number of hydrazone groups is 1. The number of carbonyl (C=O) groups is 2. The van der Waals surface area contributed by atoms with Crippen molar-refractivity contribution < 1.29 is 19.4 Å². The van der Waals surface area contributed by atoms with Crippen molar-refractivity contribution in [3.05, 3.63) is 21.3 Å².